The summed E-state index contributed by atoms with van der Waals surface area (Å²) < 4.78 is 1.18. The van der Waals surface area contributed by atoms with E-state index in [1.807, 2.05) is 7.05 Å². The van der Waals surface area contributed by atoms with Crippen molar-refractivity contribution in [3.63, 3.8) is 0 Å². The lowest BCUT2D eigenvalue weighted by Gasteiger charge is -2.15. The van der Waals surface area contributed by atoms with Crippen molar-refractivity contribution in [2.45, 2.75) is 13.0 Å². The molecule has 1 unspecified atom stereocenters. The van der Waals surface area contributed by atoms with Crippen LogP contribution in [0, 0.1) is 6.92 Å². The van der Waals surface area contributed by atoms with E-state index in [4.69, 9.17) is 0 Å². The van der Waals surface area contributed by atoms with Gasteiger partial charge in [-0.15, -0.1) is 11.3 Å². The first-order valence-corrected chi connectivity index (χ1v) is 6.80. The molecule has 0 saturated carbocycles. The molecule has 1 aromatic carbocycles. The maximum Gasteiger partial charge on any atom is 0.0702 e. The second kappa shape index (κ2) is 5.13. The van der Waals surface area contributed by atoms with E-state index >= 15 is 0 Å². The highest BCUT2D eigenvalue weighted by molar-refractivity contribution is 9.11. The normalized spacial score (nSPS) is 12.7. The third kappa shape index (κ3) is 2.54. The van der Waals surface area contributed by atoms with E-state index in [0.29, 0.717) is 0 Å². The van der Waals surface area contributed by atoms with Crippen LogP contribution >= 0.6 is 27.3 Å². The molecule has 0 saturated heterocycles. The van der Waals surface area contributed by atoms with Gasteiger partial charge in [-0.3, -0.25) is 0 Å². The molecule has 1 heterocycles. The van der Waals surface area contributed by atoms with Crippen LogP contribution < -0.4 is 5.32 Å². The maximum absolute atomic E-state index is 3.50. The van der Waals surface area contributed by atoms with Gasteiger partial charge >= 0.3 is 0 Å². The monoisotopic (exact) mass is 295 g/mol. The molecule has 1 nitrogen and oxygen atoms in total. The Kier molecular flexibility index (Phi) is 3.79. The SMILES string of the molecule is CNC(c1ccc(C)cc1)c1ccc(Br)s1. The maximum atomic E-state index is 3.50. The van der Waals surface area contributed by atoms with Crippen LogP contribution in [0.15, 0.2) is 40.2 Å². The second-order valence-corrected chi connectivity index (χ2v) is 6.27. The highest BCUT2D eigenvalue weighted by atomic mass is 79.9. The second-order valence-electron chi connectivity index (χ2n) is 3.77. The molecule has 0 fully saturated rings. The zero-order valence-electron chi connectivity index (χ0n) is 9.33. The average molecular weight is 296 g/mol. The van der Waals surface area contributed by atoms with Crippen molar-refractivity contribution in [1.82, 2.24) is 5.32 Å². The van der Waals surface area contributed by atoms with E-state index in [1.54, 1.807) is 11.3 Å². The van der Waals surface area contributed by atoms with Crippen LogP contribution in [0.3, 0.4) is 0 Å². The molecule has 0 spiro atoms. The number of benzene rings is 1. The zero-order chi connectivity index (χ0) is 11.5. The van der Waals surface area contributed by atoms with Crippen molar-refractivity contribution < 1.29 is 0 Å². The Hall–Kier alpha value is -0.640. The van der Waals surface area contributed by atoms with Gasteiger partial charge in [0.25, 0.3) is 0 Å². The van der Waals surface area contributed by atoms with Gasteiger partial charge in [-0.05, 0) is 47.6 Å². The molecule has 1 atom stereocenters. The summed E-state index contributed by atoms with van der Waals surface area (Å²) in [6, 6.07) is 13.2. The number of rotatable bonds is 3. The Morgan fingerprint density at radius 2 is 1.81 bits per heavy atom. The molecule has 84 valence electrons. The van der Waals surface area contributed by atoms with E-state index in [1.165, 1.54) is 19.8 Å². The fourth-order valence-corrected chi connectivity index (χ4v) is 3.28. The average Bonchev–Trinajstić information content (AvgIpc) is 2.69. The van der Waals surface area contributed by atoms with Gasteiger partial charge in [0.15, 0.2) is 0 Å². The van der Waals surface area contributed by atoms with Gasteiger partial charge in [0, 0.05) is 4.88 Å². The largest absolute Gasteiger partial charge is 0.309 e. The summed E-state index contributed by atoms with van der Waals surface area (Å²) in [7, 11) is 2.00. The van der Waals surface area contributed by atoms with Gasteiger partial charge in [0.1, 0.15) is 0 Å². The van der Waals surface area contributed by atoms with Gasteiger partial charge in [-0.2, -0.15) is 0 Å². The smallest absolute Gasteiger partial charge is 0.0702 e. The van der Waals surface area contributed by atoms with Crippen LogP contribution in [-0.4, -0.2) is 7.05 Å². The summed E-state index contributed by atoms with van der Waals surface area (Å²) in [4.78, 5) is 1.33. The summed E-state index contributed by atoms with van der Waals surface area (Å²) in [5.74, 6) is 0. The fourth-order valence-electron chi connectivity index (χ4n) is 1.72. The number of aryl methyl sites for hydroxylation is 1. The van der Waals surface area contributed by atoms with Crippen molar-refractivity contribution in [2.75, 3.05) is 7.05 Å². The third-order valence-electron chi connectivity index (χ3n) is 2.58. The summed E-state index contributed by atoms with van der Waals surface area (Å²) in [5.41, 5.74) is 2.61. The quantitative estimate of drug-likeness (QED) is 0.898. The van der Waals surface area contributed by atoms with Crippen LogP contribution in [0.25, 0.3) is 0 Å². The fraction of sp³-hybridized carbons (Fsp3) is 0.231. The number of halogens is 1. The molecule has 2 aromatic rings. The summed E-state index contributed by atoms with van der Waals surface area (Å²) >= 11 is 5.28. The van der Waals surface area contributed by atoms with Crippen molar-refractivity contribution in [3.8, 4) is 0 Å². The minimum atomic E-state index is 0.289. The van der Waals surface area contributed by atoms with Crippen molar-refractivity contribution in [2.24, 2.45) is 0 Å². The van der Waals surface area contributed by atoms with Gasteiger partial charge in [-0.25, -0.2) is 0 Å². The molecular weight excluding hydrogens is 282 g/mol. The molecule has 0 radical (unpaired) electrons. The molecule has 0 amide bonds. The molecular formula is C13H14BrNS. The van der Waals surface area contributed by atoms with Crippen LogP contribution in [0.1, 0.15) is 22.0 Å². The molecule has 1 aromatic heterocycles. The van der Waals surface area contributed by atoms with Gasteiger partial charge in [0.2, 0.25) is 0 Å². The first kappa shape index (κ1) is 11.8. The molecule has 2 rings (SSSR count). The van der Waals surface area contributed by atoms with Crippen molar-refractivity contribution in [1.29, 1.82) is 0 Å². The van der Waals surface area contributed by atoms with Crippen LogP contribution in [0.2, 0.25) is 0 Å². The molecule has 0 aliphatic heterocycles. The first-order chi connectivity index (χ1) is 7.70. The first-order valence-electron chi connectivity index (χ1n) is 5.20. The molecule has 1 N–H and O–H groups in total. The topological polar surface area (TPSA) is 12.0 Å². The highest BCUT2D eigenvalue weighted by Gasteiger charge is 2.13. The van der Waals surface area contributed by atoms with Crippen molar-refractivity contribution >= 4 is 27.3 Å². The van der Waals surface area contributed by atoms with E-state index in [-0.39, 0.29) is 6.04 Å². The zero-order valence-corrected chi connectivity index (χ0v) is 11.7. The lowest BCUT2D eigenvalue weighted by atomic mass is 10.0. The van der Waals surface area contributed by atoms with E-state index in [2.05, 4.69) is 64.6 Å². The Morgan fingerprint density at radius 1 is 1.12 bits per heavy atom. The van der Waals surface area contributed by atoms with Gasteiger partial charge < -0.3 is 5.32 Å². The lowest BCUT2D eigenvalue weighted by molar-refractivity contribution is 0.704. The molecule has 16 heavy (non-hydrogen) atoms. The minimum Gasteiger partial charge on any atom is -0.309 e. The van der Waals surface area contributed by atoms with Crippen molar-refractivity contribution in [3.05, 3.63) is 56.2 Å². The highest BCUT2D eigenvalue weighted by Crippen LogP contribution is 2.31. The Balaban J connectivity index is 2.32. The van der Waals surface area contributed by atoms with Crippen LogP contribution in [0.5, 0.6) is 0 Å². The summed E-state index contributed by atoms with van der Waals surface area (Å²) in [6.07, 6.45) is 0. The molecule has 0 aliphatic carbocycles. The standard InChI is InChI=1S/C13H14BrNS/c1-9-3-5-10(6-4-9)13(15-2)11-7-8-12(14)16-11/h3-8,13,15H,1-2H3. The third-order valence-corrected chi connectivity index (χ3v) is 4.27. The van der Waals surface area contributed by atoms with Gasteiger partial charge in [0.05, 0.1) is 9.83 Å². The Bertz CT molecular complexity index is 461. The number of nitrogens with one attached hydrogen (secondary N) is 1. The van der Waals surface area contributed by atoms with E-state index in [0.717, 1.165) is 0 Å². The van der Waals surface area contributed by atoms with Crippen LogP contribution in [-0.2, 0) is 0 Å². The number of thiophene rings is 1. The predicted molar refractivity (Wildman–Crippen MR) is 74.1 cm³/mol. The summed E-state index contributed by atoms with van der Waals surface area (Å²) in [5, 5.41) is 3.36. The number of hydrogen-bond donors (Lipinski definition) is 1. The molecule has 0 bridgehead atoms. The molecule has 3 heteroatoms. The Labute approximate surface area is 109 Å². The molecule has 0 aliphatic rings. The van der Waals surface area contributed by atoms with E-state index in [9.17, 15) is 0 Å². The number of hydrogen-bond acceptors (Lipinski definition) is 2. The van der Waals surface area contributed by atoms with Crippen LogP contribution in [0.4, 0.5) is 0 Å². The lowest BCUT2D eigenvalue weighted by Crippen LogP contribution is -2.16. The summed E-state index contributed by atoms with van der Waals surface area (Å²) in [6.45, 7) is 2.11. The predicted octanol–water partition coefficient (Wildman–Crippen LogP) is 4.13. The Morgan fingerprint density at radius 3 is 2.31 bits per heavy atom. The van der Waals surface area contributed by atoms with E-state index < -0.39 is 0 Å². The van der Waals surface area contributed by atoms with Gasteiger partial charge in [-0.1, -0.05) is 29.8 Å². The minimum absolute atomic E-state index is 0.289.